The summed E-state index contributed by atoms with van der Waals surface area (Å²) in [5.74, 6) is -4.20. The zero-order valence-electron chi connectivity index (χ0n) is 37.7. The molecule has 0 aliphatic heterocycles. The molecule has 0 saturated heterocycles. The maximum Gasteiger partial charge on any atom is 0.389 e. The molecule has 0 aromatic heterocycles. The lowest BCUT2D eigenvalue weighted by Crippen LogP contribution is -2.43. The third-order valence-corrected chi connectivity index (χ3v) is 9.35. The number of rotatable bonds is 26. The van der Waals surface area contributed by atoms with Crippen LogP contribution in [0.4, 0.5) is 26.3 Å². The molecule has 0 fully saturated rings. The van der Waals surface area contributed by atoms with Gasteiger partial charge in [-0.2, -0.15) is 26.3 Å². The van der Waals surface area contributed by atoms with Crippen molar-refractivity contribution < 1.29 is 93.0 Å². The number of halogens is 6. The minimum Gasteiger partial charge on any atom is -0.494 e. The molecule has 14 nitrogen and oxygen atoms in total. The van der Waals surface area contributed by atoms with Crippen LogP contribution in [0.1, 0.15) is 57.5 Å². The van der Waals surface area contributed by atoms with E-state index in [0.717, 1.165) is 24.3 Å². The highest BCUT2D eigenvalue weighted by Gasteiger charge is 2.37. The van der Waals surface area contributed by atoms with Crippen molar-refractivity contribution in [3.63, 3.8) is 0 Å². The van der Waals surface area contributed by atoms with Gasteiger partial charge < -0.3 is 37.9 Å². The van der Waals surface area contributed by atoms with Crippen LogP contribution < -0.4 is 18.9 Å². The third-order valence-electron chi connectivity index (χ3n) is 9.35. The summed E-state index contributed by atoms with van der Waals surface area (Å²) >= 11 is 0. The number of alkyl halides is 6. The van der Waals surface area contributed by atoms with Crippen LogP contribution in [-0.4, -0.2) is 87.8 Å². The Morgan fingerprint density at radius 2 is 0.746 bits per heavy atom. The Morgan fingerprint density at radius 3 is 1.06 bits per heavy atom. The van der Waals surface area contributed by atoms with Crippen LogP contribution >= 0.6 is 0 Å². The number of hydrogen-bond acceptors (Lipinski definition) is 14. The van der Waals surface area contributed by atoms with Gasteiger partial charge in [0, 0.05) is 37.1 Å². The molecule has 376 valence electrons. The van der Waals surface area contributed by atoms with Gasteiger partial charge in [0.2, 0.25) is 0 Å². The van der Waals surface area contributed by atoms with Gasteiger partial charge in [0.25, 0.3) is 0 Å². The summed E-state index contributed by atoms with van der Waals surface area (Å²) in [6.45, 7) is 3.99. The van der Waals surface area contributed by atoms with Crippen LogP contribution in [0.5, 0.6) is 23.0 Å². The van der Waals surface area contributed by atoms with E-state index in [9.17, 15) is 55.1 Å². The van der Waals surface area contributed by atoms with Crippen molar-refractivity contribution in [2.24, 2.45) is 5.41 Å². The molecule has 71 heavy (non-hydrogen) atoms. The Kier molecular flexibility index (Phi) is 21.2. The van der Waals surface area contributed by atoms with Gasteiger partial charge in [0.05, 0.1) is 24.3 Å². The van der Waals surface area contributed by atoms with Gasteiger partial charge in [0.15, 0.2) is 0 Å². The molecule has 0 saturated carbocycles. The van der Waals surface area contributed by atoms with E-state index in [0.29, 0.717) is 11.1 Å². The van der Waals surface area contributed by atoms with E-state index in [4.69, 9.17) is 37.9 Å². The van der Waals surface area contributed by atoms with E-state index in [-0.39, 0.29) is 60.2 Å². The normalized spacial score (nSPS) is 11.6. The molecule has 4 rings (SSSR count). The molecule has 0 amide bonds. The van der Waals surface area contributed by atoms with E-state index in [1.54, 1.807) is 0 Å². The lowest BCUT2D eigenvalue weighted by molar-refractivity contribution is -0.164. The summed E-state index contributed by atoms with van der Waals surface area (Å²) in [7, 11) is 0. The van der Waals surface area contributed by atoms with Crippen LogP contribution in [0, 0.1) is 5.41 Å². The van der Waals surface area contributed by atoms with Crippen molar-refractivity contribution >= 4 is 48.0 Å². The molecule has 4 aromatic carbocycles. The van der Waals surface area contributed by atoms with Crippen LogP contribution in [0.15, 0.2) is 135 Å². The fraction of sp³-hybridized carbons (Fsp3) is 0.255. The van der Waals surface area contributed by atoms with Crippen molar-refractivity contribution in [3.8, 4) is 23.0 Å². The zero-order chi connectivity index (χ0) is 51.9. The molecule has 0 N–H and O–H groups in total. The molecular weight excluding hydrogens is 951 g/mol. The Bertz CT molecular complexity index is 2320. The van der Waals surface area contributed by atoms with E-state index in [1.807, 2.05) is 0 Å². The first kappa shape index (κ1) is 55.4. The minimum absolute atomic E-state index is 0.147. The highest BCUT2D eigenvalue weighted by atomic mass is 19.4. The van der Waals surface area contributed by atoms with Gasteiger partial charge >= 0.3 is 48.2 Å². The molecule has 0 spiro atoms. The van der Waals surface area contributed by atoms with E-state index in [2.05, 4.69) is 13.2 Å². The number of carbonyl (C=O) groups excluding carboxylic acids is 6. The highest BCUT2D eigenvalue weighted by Crippen LogP contribution is 2.25. The number of benzene rings is 4. The van der Waals surface area contributed by atoms with Crippen LogP contribution in [0.3, 0.4) is 0 Å². The summed E-state index contributed by atoms with van der Waals surface area (Å²) in [5, 5.41) is 0. The number of esters is 6. The third kappa shape index (κ3) is 21.4. The predicted molar refractivity (Wildman–Crippen MR) is 242 cm³/mol. The first-order valence-electron chi connectivity index (χ1n) is 21.3. The minimum atomic E-state index is -4.28. The molecule has 0 heterocycles. The van der Waals surface area contributed by atoms with Gasteiger partial charge in [-0.3, -0.25) is 0 Å². The van der Waals surface area contributed by atoms with E-state index in [1.165, 1.54) is 109 Å². The van der Waals surface area contributed by atoms with E-state index < -0.39 is 92.9 Å². The van der Waals surface area contributed by atoms with E-state index >= 15 is 0 Å². The van der Waals surface area contributed by atoms with Crippen molar-refractivity contribution in [2.45, 2.75) is 38.0 Å². The molecular formula is C51H46F6O14. The quantitative estimate of drug-likeness (QED) is 0.0145. The monoisotopic (exact) mass is 996 g/mol. The molecule has 20 heteroatoms. The second-order valence-electron chi connectivity index (χ2n) is 15.1. The van der Waals surface area contributed by atoms with Crippen LogP contribution in [0.25, 0.3) is 12.2 Å². The highest BCUT2D eigenvalue weighted by molar-refractivity contribution is 5.92. The average molecular weight is 997 g/mol. The zero-order valence-corrected chi connectivity index (χ0v) is 37.7. The van der Waals surface area contributed by atoms with Crippen LogP contribution in [0.2, 0.25) is 0 Å². The molecule has 0 atom stereocenters. The van der Waals surface area contributed by atoms with Crippen LogP contribution in [-0.2, 0) is 38.1 Å². The maximum atomic E-state index is 12.9. The lowest BCUT2D eigenvalue weighted by Gasteiger charge is -2.31. The van der Waals surface area contributed by atoms with Gasteiger partial charge in [-0.05, 0) is 109 Å². The SMILES string of the molecule is C=CC(=O)OCC(COC(=O)C=C)(COC(=O)/C=C/c1ccc(OC(=O)c2ccc(OCCCC(F)(F)F)cc2)cc1)COC(=O)/C=C/c1ccc(OC(=O)c2ccc(OCCCC(F)(F)F)cc2)cc1. The summed E-state index contributed by atoms with van der Waals surface area (Å²) in [6, 6.07) is 23.1. The summed E-state index contributed by atoms with van der Waals surface area (Å²) in [5.41, 5.74) is -0.413. The molecule has 0 aliphatic rings. The maximum absolute atomic E-state index is 12.9. The Labute approximate surface area is 403 Å². The Balaban J connectivity index is 1.32. The molecule has 0 aliphatic carbocycles. The Morgan fingerprint density at radius 1 is 0.437 bits per heavy atom. The van der Waals surface area contributed by atoms with Crippen molar-refractivity contribution in [1.29, 1.82) is 0 Å². The largest absolute Gasteiger partial charge is 0.494 e. The predicted octanol–water partition coefficient (Wildman–Crippen LogP) is 9.83. The first-order chi connectivity index (χ1) is 33.7. The van der Waals surface area contributed by atoms with Gasteiger partial charge in [-0.1, -0.05) is 37.4 Å². The topological polar surface area (TPSA) is 176 Å². The summed E-state index contributed by atoms with van der Waals surface area (Å²) in [6.07, 6.45) is -4.42. The number of ether oxygens (including phenoxy) is 8. The van der Waals surface area contributed by atoms with Crippen molar-refractivity contribution in [2.75, 3.05) is 39.6 Å². The number of hydrogen-bond donors (Lipinski definition) is 0. The standard InChI is InChI=1S/C51H46F6O14/c1-3-43(58)66-31-49(32-67-44(59)4-2,33-68-45(60)25-11-35-7-17-41(18-8-35)70-47(62)37-13-21-39(22-14-37)64-29-5-27-50(52,53)54)34-69-46(61)26-12-36-9-19-42(20-10-36)71-48(63)38-15-23-40(24-16-38)65-30-6-28-51(55,56)57/h3-4,7-26H,1-2,5-6,27-34H2/b25-11+,26-12+. The fourth-order valence-electron chi connectivity index (χ4n) is 5.62. The number of carbonyl (C=O) groups is 6. The summed E-state index contributed by atoms with van der Waals surface area (Å²) < 4.78 is 117. The second-order valence-corrected chi connectivity index (χ2v) is 15.1. The Hall–Kier alpha value is -8.16. The smallest absolute Gasteiger partial charge is 0.389 e. The lowest BCUT2D eigenvalue weighted by atomic mass is 9.92. The first-order valence-corrected chi connectivity index (χ1v) is 21.3. The summed E-state index contributed by atoms with van der Waals surface area (Å²) in [4.78, 5) is 75.3. The molecule has 0 radical (unpaired) electrons. The average Bonchev–Trinajstić information content (AvgIpc) is 3.35. The van der Waals surface area contributed by atoms with Gasteiger partial charge in [0.1, 0.15) is 54.8 Å². The second kappa shape index (κ2) is 27.1. The fourth-order valence-corrected chi connectivity index (χ4v) is 5.62. The van der Waals surface area contributed by atoms with Crippen molar-refractivity contribution in [3.05, 3.63) is 157 Å². The molecule has 0 unspecified atom stereocenters. The van der Waals surface area contributed by atoms with Gasteiger partial charge in [-0.15, -0.1) is 0 Å². The molecule has 4 aromatic rings. The van der Waals surface area contributed by atoms with Crippen molar-refractivity contribution in [1.82, 2.24) is 0 Å². The molecule has 0 bridgehead atoms. The van der Waals surface area contributed by atoms with Gasteiger partial charge in [-0.25, -0.2) is 28.8 Å².